The maximum Gasteiger partial charge on any atom is 0.360 e. The Balaban J connectivity index is 2.42. The summed E-state index contributed by atoms with van der Waals surface area (Å²) >= 11 is 0. The van der Waals surface area contributed by atoms with Crippen molar-refractivity contribution in [3.8, 4) is 5.69 Å². The second-order valence-electron chi connectivity index (χ2n) is 4.72. The minimum Gasteiger partial charge on any atom is -0.464 e. The Morgan fingerprint density at radius 2 is 2.24 bits per heavy atom. The van der Waals surface area contributed by atoms with Crippen LogP contribution in [-0.4, -0.2) is 34.3 Å². The molecule has 1 aromatic heterocycles. The SMILES string of the molecule is COC(=O)c1nc(C)n(-c2cccc(CCCO)c2)c1N. The van der Waals surface area contributed by atoms with Crippen molar-refractivity contribution in [2.45, 2.75) is 19.8 Å². The molecule has 21 heavy (non-hydrogen) atoms. The minimum atomic E-state index is -0.550. The van der Waals surface area contributed by atoms with Crippen molar-refractivity contribution >= 4 is 11.8 Å². The highest BCUT2D eigenvalue weighted by Gasteiger charge is 2.20. The summed E-state index contributed by atoms with van der Waals surface area (Å²) in [7, 11) is 1.30. The third kappa shape index (κ3) is 3.05. The molecule has 0 radical (unpaired) electrons. The second kappa shape index (κ2) is 6.41. The molecule has 0 aliphatic carbocycles. The number of aliphatic hydroxyl groups is 1. The van der Waals surface area contributed by atoms with E-state index in [-0.39, 0.29) is 18.1 Å². The fourth-order valence-electron chi connectivity index (χ4n) is 2.26. The molecule has 0 saturated heterocycles. The van der Waals surface area contributed by atoms with Gasteiger partial charge in [-0.1, -0.05) is 12.1 Å². The molecule has 0 aliphatic rings. The molecule has 0 spiro atoms. The Hall–Kier alpha value is -2.34. The van der Waals surface area contributed by atoms with Crippen molar-refractivity contribution in [1.82, 2.24) is 9.55 Å². The summed E-state index contributed by atoms with van der Waals surface area (Å²) in [6, 6.07) is 7.78. The molecule has 0 atom stereocenters. The van der Waals surface area contributed by atoms with Crippen LogP contribution < -0.4 is 5.73 Å². The van der Waals surface area contributed by atoms with Crippen molar-refractivity contribution < 1.29 is 14.6 Å². The first-order valence-electron chi connectivity index (χ1n) is 6.71. The summed E-state index contributed by atoms with van der Waals surface area (Å²) in [6.07, 6.45) is 1.48. The fraction of sp³-hybridized carbons (Fsp3) is 0.333. The molecule has 2 rings (SSSR count). The average Bonchev–Trinajstić information content (AvgIpc) is 2.79. The zero-order valence-electron chi connectivity index (χ0n) is 12.2. The van der Waals surface area contributed by atoms with E-state index >= 15 is 0 Å². The Kier molecular flexibility index (Phi) is 4.59. The van der Waals surface area contributed by atoms with E-state index in [0.717, 1.165) is 17.7 Å². The first-order chi connectivity index (χ1) is 10.1. The monoisotopic (exact) mass is 289 g/mol. The van der Waals surface area contributed by atoms with E-state index in [1.54, 1.807) is 11.5 Å². The lowest BCUT2D eigenvalue weighted by molar-refractivity contribution is 0.0596. The number of carbonyl (C=O) groups excluding carboxylic acids is 1. The lowest BCUT2D eigenvalue weighted by atomic mass is 10.1. The van der Waals surface area contributed by atoms with Gasteiger partial charge in [-0.3, -0.25) is 4.57 Å². The molecule has 0 aliphatic heterocycles. The molecule has 0 amide bonds. The third-order valence-electron chi connectivity index (χ3n) is 3.25. The molecule has 6 nitrogen and oxygen atoms in total. The quantitative estimate of drug-likeness (QED) is 0.814. The van der Waals surface area contributed by atoms with Gasteiger partial charge in [-0.15, -0.1) is 0 Å². The van der Waals surface area contributed by atoms with Crippen LogP contribution in [0, 0.1) is 6.92 Å². The number of aromatic nitrogens is 2. The fourth-order valence-corrected chi connectivity index (χ4v) is 2.26. The van der Waals surface area contributed by atoms with E-state index in [1.165, 1.54) is 7.11 Å². The number of nitrogen functional groups attached to an aromatic ring is 1. The number of benzene rings is 1. The predicted octanol–water partition coefficient (Wildman–Crippen LogP) is 1.47. The summed E-state index contributed by atoms with van der Waals surface area (Å²) in [5.74, 6) is 0.330. The molecule has 1 aromatic carbocycles. The largest absolute Gasteiger partial charge is 0.464 e. The van der Waals surface area contributed by atoms with Crippen LogP contribution in [0.5, 0.6) is 0 Å². The maximum absolute atomic E-state index is 11.6. The van der Waals surface area contributed by atoms with Crippen LogP contribution in [0.15, 0.2) is 24.3 Å². The summed E-state index contributed by atoms with van der Waals surface area (Å²) in [5, 5.41) is 8.91. The van der Waals surface area contributed by atoms with Crippen LogP contribution in [0.4, 0.5) is 5.82 Å². The van der Waals surface area contributed by atoms with E-state index in [9.17, 15) is 4.79 Å². The highest BCUT2D eigenvalue weighted by Crippen LogP contribution is 2.22. The highest BCUT2D eigenvalue weighted by atomic mass is 16.5. The van der Waals surface area contributed by atoms with Crippen LogP contribution in [0.1, 0.15) is 28.3 Å². The van der Waals surface area contributed by atoms with Gasteiger partial charge in [-0.2, -0.15) is 0 Å². The number of imidazole rings is 1. The number of nitrogens with zero attached hydrogens (tertiary/aromatic N) is 2. The van der Waals surface area contributed by atoms with Crippen molar-refractivity contribution in [1.29, 1.82) is 0 Å². The maximum atomic E-state index is 11.6. The van der Waals surface area contributed by atoms with Gasteiger partial charge in [0.25, 0.3) is 0 Å². The Labute approximate surface area is 123 Å². The molecule has 112 valence electrons. The van der Waals surface area contributed by atoms with Crippen molar-refractivity contribution in [3.63, 3.8) is 0 Å². The molecule has 0 fully saturated rings. The lowest BCUT2D eigenvalue weighted by Gasteiger charge is -2.09. The number of carbonyl (C=O) groups is 1. The van der Waals surface area contributed by atoms with Crippen LogP contribution in [-0.2, 0) is 11.2 Å². The van der Waals surface area contributed by atoms with Gasteiger partial charge < -0.3 is 15.6 Å². The molecule has 1 heterocycles. The smallest absolute Gasteiger partial charge is 0.360 e. The standard InChI is InChI=1S/C15H19N3O3/c1-10-17-13(15(20)21-2)14(16)18(10)12-7-3-5-11(9-12)6-4-8-19/h3,5,7,9,19H,4,6,8,16H2,1-2H3. The number of nitrogens with two attached hydrogens (primary N) is 1. The highest BCUT2D eigenvalue weighted by molar-refractivity contribution is 5.92. The number of anilines is 1. The minimum absolute atomic E-state index is 0.121. The van der Waals surface area contributed by atoms with Gasteiger partial charge in [0.2, 0.25) is 0 Å². The Morgan fingerprint density at radius 3 is 2.90 bits per heavy atom. The van der Waals surface area contributed by atoms with Gasteiger partial charge >= 0.3 is 5.97 Å². The van der Waals surface area contributed by atoms with Gasteiger partial charge in [0.05, 0.1) is 7.11 Å². The van der Waals surface area contributed by atoms with E-state index < -0.39 is 5.97 Å². The normalized spacial score (nSPS) is 10.6. The van der Waals surface area contributed by atoms with Crippen LogP contribution in [0.2, 0.25) is 0 Å². The van der Waals surface area contributed by atoms with E-state index in [2.05, 4.69) is 9.72 Å². The van der Waals surface area contributed by atoms with Gasteiger partial charge in [0.15, 0.2) is 5.69 Å². The number of aliphatic hydroxyl groups excluding tert-OH is 1. The molecular formula is C15H19N3O3. The molecule has 0 unspecified atom stereocenters. The molecule has 0 bridgehead atoms. The number of hydrogen-bond donors (Lipinski definition) is 2. The first kappa shape index (κ1) is 15.1. The van der Waals surface area contributed by atoms with Gasteiger partial charge in [0.1, 0.15) is 11.6 Å². The number of esters is 1. The molecule has 2 aromatic rings. The number of ether oxygens (including phenoxy) is 1. The van der Waals surface area contributed by atoms with Crippen molar-refractivity contribution in [3.05, 3.63) is 41.3 Å². The Bertz CT molecular complexity index is 650. The summed E-state index contributed by atoms with van der Waals surface area (Å²) in [5.41, 5.74) is 8.07. The van der Waals surface area contributed by atoms with Crippen LogP contribution >= 0.6 is 0 Å². The zero-order chi connectivity index (χ0) is 15.4. The van der Waals surface area contributed by atoms with Crippen LogP contribution in [0.25, 0.3) is 5.69 Å². The second-order valence-corrected chi connectivity index (χ2v) is 4.72. The lowest BCUT2D eigenvalue weighted by Crippen LogP contribution is -2.08. The van der Waals surface area contributed by atoms with Gasteiger partial charge in [-0.25, -0.2) is 9.78 Å². The topological polar surface area (TPSA) is 90.4 Å². The van der Waals surface area contributed by atoms with E-state index in [0.29, 0.717) is 12.2 Å². The number of hydrogen-bond acceptors (Lipinski definition) is 5. The van der Waals surface area contributed by atoms with Crippen molar-refractivity contribution in [2.24, 2.45) is 0 Å². The van der Waals surface area contributed by atoms with E-state index in [4.69, 9.17) is 10.8 Å². The number of aryl methyl sites for hydroxylation is 2. The zero-order valence-corrected chi connectivity index (χ0v) is 12.2. The van der Waals surface area contributed by atoms with Crippen molar-refractivity contribution in [2.75, 3.05) is 19.5 Å². The number of rotatable bonds is 5. The summed E-state index contributed by atoms with van der Waals surface area (Å²) in [6.45, 7) is 1.94. The molecule has 0 saturated carbocycles. The summed E-state index contributed by atoms with van der Waals surface area (Å²) < 4.78 is 6.39. The van der Waals surface area contributed by atoms with E-state index in [1.807, 2.05) is 24.3 Å². The average molecular weight is 289 g/mol. The predicted molar refractivity (Wildman–Crippen MR) is 79.5 cm³/mol. The van der Waals surface area contributed by atoms with Gasteiger partial charge in [0, 0.05) is 12.3 Å². The molecule has 6 heteroatoms. The van der Waals surface area contributed by atoms with Crippen LogP contribution in [0.3, 0.4) is 0 Å². The number of methoxy groups -OCH3 is 1. The molecular weight excluding hydrogens is 270 g/mol. The Morgan fingerprint density at radius 1 is 1.48 bits per heavy atom. The molecule has 3 N–H and O–H groups in total. The first-order valence-corrected chi connectivity index (χ1v) is 6.71. The van der Waals surface area contributed by atoms with Gasteiger partial charge in [-0.05, 0) is 37.5 Å². The summed E-state index contributed by atoms with van der Waals surface area (Å²) in [4.78, 5) is 15.8. The third-order valence-corrected chi connectivity index (χ3v) is 3.25.